The lowest BCUT2D eigenvalue weighted by atomic mass is 9.91. The van der Waals surface area contributed by atoms with E-state index in [4.69, 9.17) is 5.10 Å². The predicted octanol–water partition coefficient (Wildman–Crippen LogP) is 6.81. The molecule has 1 aromatic heterocycles. The monoisotopic (exact) mass is 577 g/mol. The number of aromatic nitrogens is 1. The molecule has 0 aliphatic carbocycles. The van der Waals surface area contributed by atoms with Crippen molar-refractivity contribution in [2.24, 2.45) is 5.10 Å². The largest absolute Gasteiger partial charge is 0.321 e. The fraction of sp³-hybridized carbons (Fsp3) is 0.148. The van der Waals surface area contributed by atoms with Gasteiger partial charge in [0, 0.05) is 38.3 Å². The number of carbonyl (C=O) groups is 1. The molecule has 1 amide bonds. The molecule has 5 rings (SSSR count). The third-order valence-corrected chi connectivity index (χ3v) is 7.07. The van der Waals surface area contributed by atoms with Crippen molar-refractivity contribution >= 4 is 54.4 Å². The number of halogens is 2. The number of carbonyl (C=O) groups excluding carboxylic acids is 1. The number of aromatic amines is 1. The van der Waals surface area contributed by atoms with Crippen molar-refractivity contribution in [3.8, 4) is 11.1 Å². The first-order valence-corrected chi connectivity index (χ1v) is 12.6. The van der Waals surface area contributed by atoms with Crippen LogP contribution in [0.15, 0.2) is 91.6 Å². The van der Waals surface area contributed by atoms with Crippen molar-refractivity contribution in [3.05, 3.63) is 103 Å². The highest BCUT2D eigenvalue weighted by molar-refractivity contribution is 9.10. The molecular weight excluding hydrogens is 558 g/mol. The van der Waals surface area contributed by atoms with E-state index in [2.05, 4.69) is 36.8 Å². The van der Waals surface area contributed by atoms with E-state index in [0.717, 1.165) is 36.5 Å². The zero-order valence-corrected chi connectivity index (χ0v) is 21.6. The molecule has 5 nitrogen and oxygen atoms in total. The molecule has 0 saturated carbocycles. The van der Waals surface area contributed by atoms with Gasteiger partial charge in [-0.1, -0.05) is 81.2 Å². The van der Waals surface area contributed by atoms with Crippen LogP contribution in [0, 0.1) is 0 Å². The quantitative estimate of drug-likeness (QED) is 0.289. The Morgan fingerprint density at radius 1 is 1.00 bits per heavy atom. The smallest absolute Gasteiger partial charge is 0.258 e. The third-order valence-electron chi connectivity index (χ3n) is 6.05. The first-order valence-electron chi connectivity index (χ1n) is 11.0. The SMILES string of the molecule is CCC(=O)N1N=C(c2c(-c3ccccc3)c3cc(Br)ccc3[nH]c2=O)C[C@@H]1c1ccc(Br)cc1. The second-order valence-corrected chi connectivity index (χ2v) is 10.0. The number of nitrogens with zero attached hydrogens (tertiary/aromatic N) is 2. The summed E-state index contributed by atoms with van der Waals surface area (Å²) in [5.41, 5.74) is 4.37. The van der Waals surface area contributed by atoms with Gasteiger partial charge in [-0.2, -0.15) is 5.10 Å². The second kappa shape index (κ2) is 9.31. The van der Waals surface area contributed by atoms with E-state index < -0.39 is 0 Å². The fourth-order valence-corrected chi connectivity index (χ4v) is 5.07. The lowest BCUT2D eigenvalue weighted by Crippen LogP contribution is -2.26. The Labute approximate surface area is 213 Å². The minimum absolute atomic E-state index is 0.0795. The van der Waals surface area contributed by atoms with E-state index in [1.54, 1.807) is 0 Å². The maximum Gasteiger partial charge on any atom is 0.258 e. The van der Waals surface area contributed by atoms with Crippen molar-refractivity contribution in [2.75, 3.05) is 0 Å². The molecule has 0 unspecified atom stereocenters. The van der Waals surface area contributed by atoms with Gasteiger partial charge in [0.15, 0.2) is 0 Å². The molecule has 3 aromatic carbocycles. The molecule has 0 bridgehead atoms. The Kier molecular flexibility index (Phi) is 6.23. The maximum atomic E-state index is 13.5. The van der Waals surface area contributed by atoms with Crippen LogP contribution in [0.25, 0.3) is 22.0 Å². The lowest BCUT2D eigenvalue weighted by Gasteiger charge is -2.21. The average molecular weight is 579 g/mol. The number of amides is 1. The Morgan fingerprint density at radius 2 is 1.71 bits per heavy atom. The maximum absolute atomic E-state index is 13.5. The van der Waals surface area contributed by atoms with Gasteiger partial charge in [-0.15, -0.1) is 0 Å². The molecule has 0 spiro atoms. The standard InChI is InChI=1S/C27H21Br2N3O2/c1-2-24(33)32-23(16-8-10-18(28)11-9-16)15-22(31-32)26-25(17-6-4-3-5-7-17)20-14-19(29)12-13-21(20)30-27(26)34/h3-14,23H,2,15H2,1H3,(H,30,34)/t23-/m1/s1. The second-order valence-electron chi connectivity index (χ2n) is 8.17. The molecule has 34 heavy (non-hydrogen) atoms. The summed E-state index contributed by atoms with van der Waals surface area (Å²) < 4.78 is 1.88. The van der Waals surface area contributed by atoms with Crippen molar-refractivity contribution in [2.45, 2.75) is 25.8 Å². The summed E-state index contributed by atoms with van der Waals surface area (Å²) in [5, 5.41) is 7.20. The summed E-state index contributed by atoms with van der Waals surface area (Å²) in [7, 11) is 0. The molecule has 0 radical (unpaired) electrons. The summed E-state index contributed by atoms with van der Waals surface area (Å²) in [5.74, 6) is -0.0795. The number of hydrogen-bond acceptors (Lipinski definition) is 3. The third kappa shape index (κ3) is 4.14. The molecule has 2 heterocycles. The predicted molar refractivity (Wildman–Crippen MR) is 143 cm³/mol. The molecule has 1 N–H and O–H groups in total. The Bertz CT molecular complexity index is 1480. The fourth-order valence-electron chi connectivity index (χ4n) is 4.44. The molecule has 0 fully saturated rings. The van der Waals surface area contributed by atoms with Crippen molar-refractivity contribution in [1.82, 2.24) is 9.99 Å². The van der Waals surface area contributed by atoms with Crippen LogP contribution in [0.4, 0.5) is 0 Å². The number of hydrazone groups is 1. The van der Waals surface area contributed by atoms with Gasteiger partial charge < -0.3 is 4.98 Å². The van der Waals surface area contributed by atoms with Crippen LogP contribution in [-0.2, 0) is 4.79 Å². The number of H-pyrrole nitrogens is 1. The molecule has 170 valence electrons. The van der Waals surface area contributed by atoms with E-state index in [0.29, 0.717) is 24.1 Å². The van der Waals surface area contributed by atoms with Gasteiger partial charge in [-0.25, -0.2) is 5.01 Å². The zero-order valence-electron chi connectivity index (χ0n) is 18.4. The molecule has 0 saturated heterocycles. The highest BCUT2D eigenvalue weighted by atomic mass is 79.9. The molecule has 4 aromatic rings. The van der Waals surface area contributed by atoms with Gasteiger partial charge in [-0.3, -0.25) is 9.59 Å². The minimum atomic E-state index is -0.267. The molecular formula is C27H21Br2N3O2. The number of pyridine rings is 1. The van der Waals surface area contributed by atoms with Gasteiger partial charge in [0.05, 0.1) is 17.3 Å². The number of benzene rings is 3. The van der Waals surface area contributed by atoms with Crippen molar-refractivity contribution < 1.29 is 4.79 Å². The highest BCUT2D eigenvalue weighted by Crippen LogP contribution is 2.37. The van der Waals surface area contributed by atoms with E-state index in [-0.39, 0.29) is 17.5 Å². The summed E-state index contributed by atoms with van der Waals surface area (Å²) in [4.78, 5) is 29.4. The van der Waals surface area contributed by atoms with E-state index in [1.165, 1.54) is 5.01 Å². The number of rotatable bonds is 4. The van der Waals surface area contributed by atoms with Gasteiger partial charge >= 0.3 is 0 Å². The minimum Gasteiger partial charge on any atom is -0.321 e. The van der Waals surface area contributed by atoms with E-state index in [1.807, 2.05) is 79.7 Å². The van der Waals surface area contributed by atoms with Gasteiger partial charge in [0.1, 0.15) is 0 Å². The topological polar surface area (TPSA) is 65.5 Å². The van der Waals surface area contributed by atoms with Gasteiger partial charge in [0.2, 0.25) is 5.91 Å². The van der Waals surface area contributed by atoms with Crippen LogP contribution in [-0.4, -0.2) is 21.6 Å². The van der Waals surface area contributed by atoms with Gasteiger partial charge in [0.25, 0.3) is 5.56 Å². The summed E-state index contributed by atoms with van der Waals surface area (Å²) in [6, 6.07) is 23.3. The summed E-state index contributed by atoms with van der Waals surface area (Å²) in [6.45, 7) is 1.82. The Hall–Kier alpha value is -3.03. The summed E-state index contributed by atoms with van der Waals surface area (Å²) >= 11 is 7.05. The van der Waals surface area contributed by atoms with Crippen LogP contribution < -0.4 is 5.56 Å². The zero-order chi connectivity index (χ0) is 23.8. The Morgan fingerprint density at radius 3 is 2.41 bits per heavy atom. The van der Waals surface area contributed by atoms with E-state index >= 15 is 0 Å². The molecule has 7 heteroatoms. The van der Waals surface area contributed by atoms with Crippen LogP contribution in [0.3, 0.4) is 0 Å². The number of nitrogens with one attached hydrogen (secondary N) is 1. The molecule has 1 aliphatic rings. The Balaban J connectivity index is 1.74. The average Bonchev–Trinajstić information content (AvgIpc) is 3.29. The molecule has 1 aliphatic heterocycles. The number of hydrogen-bond donors (Lipinski definition) is 1. The van der Waals surface area contributed by atoms with Crippen molar-refractivity contribution in [3.63, 3.8) is 0 Å². The first-order chi connectivity index (χ1) is 16.5. The van der Waals surface area contributed by atoms with Crippen LogP contribution in [0.2, 0.25) is 0 Å². The van der Waals surface area contributed by atoms with E-state index in [9.17, 15) is 9.59 Å². The molecule has 1 atom stereocenters. The van der Waals surface area contributed by atoms with Crippen LogP contribution >= 0.6 is 31.9 Å². The van der Waals surface area contributed by atoms with Crippen LogP contribution in [0.1, 0.15) is 36.9 Å². The highest BCUT2D eigenvalue weighted by Gasteiger charge is 2.34. The van der Waals surface area contributed by atoms with Crippen LogP contribution in [0.5, 0.6) is 0 Å². The normalized spacial score (nSPS) is 15.6. The first kappa shape index (κ1) is 22.7. The van der Waals surface area contributed by atoms with Gasteiger partial charge in [-0.05, 0) is 41.5 Å². The lowest BCUT2D eigenvalue weighted by molar-refractivity contribution is -0.132. The summed E-state index contributed by atoms with van der Waals surface area (Å²) in [6.07, 6.45) is 0.784. The van der Waals surface area contributed by atoms with Crippen molar-refractivity contribution in [1.29, 1.82) is 0 Å². The number of fused-ring (bicyclic) bond motifs is 1.